The van der Waals surface area contributed by atoms with Gasteiger partial charge in [0.05, 0.1) is 10.6 Å². The lowest BCUT2D eigenvalue weighted by molar-refractivity contribution is 0.598. The number of sulfonamides is 1. The Balaban J connectivity index is 1.87. The Kier molecular flexibility index (Phi) is 4.55. The number of nitrogens with one attached hydrogen (secondary N) is 1. The first-order valence-corrected chi connectivity index (χ1v) is 8.95. The summed E-state index contributed by atoms with van der Waals surface area (Å²) in [7, 11) is -3.85. The number of anilines is 1. The summed E-state index contributed by atoms with van der Waals surface area (Å²) >= 11 is 5.86. The molecule has 24 heavy (non-hydrogen) atoms. The van der Waals surface area contributed by atoms with Crippen LogP contribution in [0.3, 0.4) is 0 Å². The van der Waals surface area contributed by atoms with E-state index in [0.717, 1.165) is 11.1 Å². The molecular formula is C18H13ClFNO2S. The summed E-state index contributed by atoms with van der Waals surface area (Å²) in [6.45, 7) is 0. The largest absolute Gasteiger partial charge is 0.277 e. The first-order chi connectivity index (χ1) is 11.5. The van der Waals surface area contributed by atoms with Crippen LogP contribution in [0, 0.1) is 5.82 Å². The van der Waals surface area contributed by atoms with E-state index < -0.39 is 15.8 Å². The van der Waals surface area contributed by atoms with E-state index in [9.17, 15) is 12.8 Å². The summed E-state index contributed by atoms with van der Waals surface area (Å²) in [6.07, 6.45) is 0. The highest BCUT2D eigenvalue weighted by Crippen LogP contribution is 2.24. The molecule has 0 heterocycles. The van der Waals surface area contributed by atoms with Crippen molar-refractivity contribution in [3.8, 4) is 11.1 Å². The van der Waals surface area contributed by atoms with Crippen LogP contribution in [-0.4, -0.2) is 8.42 Å². The zero-order valence-electron chi connectivity index (χ0n) is 12.4. The SMILES string of the molecule is O=S(=O)(Nc1ccccc1F)c1ccc(-c2ccc(Cl)cc2)cc1. The fraction of sp³-hybridized carbons (Fsp3) is 0. The molecule has 0 fully saturated rings. The van der Waals surface area contributed by atoms with E-state index >= 15 is 0 Å². The van der Waals surface area contributed by atoms with Gasteiger partial charge >= 0.3 is 0 Å². The van der Waals surface area contributed by atoms with Crippen molar-refractivity contribution in [3.63, 3.8) is 0 Å². The van der Waals surface area contributed by atoms with Crippen molar-refractivity contribution in [1.82, 2.24) is 0 Å². The lowest BCUT2D eigenvalue weighted by atomic mass is 10.1. The molecule has 0 aliphatic rings. The maximum Gasteiger partial charge on any atom is 0.261 e. The number of hydrogen-bond acceptors (Lipinski definition) is 2. The minimum atomic E-state index is -3.85. The van der Waals surface area contributed by atoms with E-state index in [1.807, 2.05) is 12.1 Å². The molecule has 0 saturated carbocycles. The van der Waals surface area contributed by atoms with Crippen molar-refractivity contribution in [2.24, 2.45) is 0 Å². The Morgan fingerprint density at radius 1 is 0.792 bits per heavy atom. The second-order valence-corrected chi connectivity index (χ2v) is 7.24. The summed E-state index contributed by atoms with van der Waals surface area (Å²) < 4.78 is 40.6. The average Bonchev–Trinajstić information content (AvgIpc) is 2.58. The van der Waals surface area contributed by atoms with E-state index in [0.29, 0.717) is 5.02 Å². The van der Waals surface area contributed by atoms with Crippen LogP contribution in [0.25, 0.3) is 11.1 Å². The fourth-order valence-corrected chi connectivity index (χ4v) is 3.41. The van der Waals surface area contributed by atoms with Gasteiger partial charge in [-0.05, 0) is 47.5 Å². The summed E-state index contributed by atoms with van der Waals surface area (Å²) in [6, 6.07) is 19.2. The molecule has 0 amide bonds. The van der Waals surface area contributed by atoms with Crippen LogP contribution in [-0.2, 0) is 10.0 Å². The van der Waals surface area contributed by atoms with Crippen molar-refractivity contribution >= 4 is 27.3 Å². The van der Waals surface area contributed by atoms with E-state index in [1.165, 1.54) is 30.3 Å². The normalized spacial score (nSPS) is 11.2. The third kappa shape index (κ3) is 3.58. The van der Waals surface area contributed by atoms with Gasteiger partial charge in [0, 0.05) is 5.02 Å². The van der Waals surface area contributed by atoms with Crippen LogP contribution >= 0.6 is 11.6 Å². The highest BCUT2D eigenvalue weighted by molar-refractivity contribution is 7.92. The molecule has 6 heteroatoms. The first-order valence-electron chi connectivity index (χ1n) is 7.09. The molecule has 122 valence electrons. The van der Waals surface area contributed by atoms with Crippen molar-refractivity contribution in [3.05, 3.63) is 83.6 Å². The molecule has 0 radical (unpaired) electrons. The van der Waals surface area contributed by atoms with Gasteiger partial charge in [-0.3, -0.25) is 4.72 Å². The minimum absolute atomic E-state index is 0.0588. The number of halogens is 2. The van der Waals surface area contributed by atoms with Gasteiger partial charge in [-0.15, -0.1) is 0 Å². The molecule has 3 aromatic rings. The summed E-state index contributed by atoms with van der Waals surface area (Å²) in [5, 5.41) is 0.632. The van der Waals surface area contributed by atoms with Crippen LogP contribution in [0.2, 0.25) is 5.02 Å². The molecule has 3 aromatic carbocycles. The molecule has 1 N–H and O–H groups in total. The molecule has 0 unspecified atom stereocenters. The van der Waals surface area contributed by atoms with E-state index in [-0.39, 0.29) is 10.6 Å². The van der Waals surface area contributed by atoms with Crippen LogP contribution in [0.1, 0.15) is 0 Å². The highest BCUT2D eigenvalue weighted by Gasteiger charge is 2.16. The predicted octanol–water partition coefficient (Wildman–Crippen LogP) is 4.95. The standard InChI is InChI=1S/C18H13ClFNO2S/c19-15-9-5-13(6-10-15)14-7-11-16(12-8-14)24(22,23)21-18-4-2-1-3-17(18)20/h1-12,21H. The predicted molar refractivity (Wildman–Crippen MR) is 94.1 cm³/mol. The summed E-state index contributed by atoms with van der Waals surface area (Å²) in [5.41, 5.74) is 1.70. The molecule has 0 saturated heterocycles. The summed E-state index contributed by atoms with van der Waals surface area (Å²) in [4.78, 5) is 0.0588. The lowest BCUT2D eigenvalue weighted by Gasteiger charge is -2.09. The second-order valence-electron chi connectivity index (χ2n) is 5.12. The molecule has 0 aliphatic heterocycles. The second kappa shape index (κ2) is 6.63. The molecular weight excluding hydrogens is 349 g/mol. The number of hydrogen-bond donors (Lipinski definition) is 1. The quantitative estimate of drug-likeness (QED) is 0.714. The van der Waals surface area contributed by atoms with Gasteiger partial charge in [0.15, 0.2) is 0 Å². The van der Waals surface area contributed by atoms with E-state index in [1.54, 1.807) is 30.3 Å². The van der Waals surface area contributed by atoms with Gasteiger partial charge in [0.25, 0.3) is 10.0 Å². The summed E-state index contributed by atoms with van der Waals surface area (Å²) in [5.74, 6) is -0.626. The van der Waals surface area contributed by atoms with Gasteiger partial charge in [-0.2, -0.15) is 0 Å². The van der Waals surface area contributed by atoms with Gasteiger partial charge in [0.1, 0.15) is 5.82 Å². The number of rotatable bonds is 4. The molecule has 3 nitrogen and oxygen atoms in total. The van der Waals surface area contributed by atoms with Crippen molar-refractivity contribution in [2.75, 3.05) is 4.72 Å². The molecule has 3 rings (SSSR count). The third-order valence-electron chi connectivity index (χ3n) is 3.46. The Labute approximate surface area is 144 Å². The van der Waals surface area contributed by atoms with E-state index in [4.69, 9.17) is 11.6 Å². The third-order valence-corrected chi connectivity index (χ3v) is 5.09. The lowest BCUT2D eigenvalue weighted by Crippen LogP contribution is -2.13. The van der Waals surface area contributed by atoms with Crippen LogP contribution in [0.5, 0.6) is 0 Å². The minimum Gasteiger partial charge on any atom is -0.277 e. The topological polar surface area (TPSA) is 46.2 Å². The zero-order valence-corrected chi connectivity index (χ0v) is 14.0. The Hall–Kier alpha value is -2.37. The van der Waals surface area contributed by atoms with Gasteiger partial charge in [-0.25, -0.2) is 12.8 Å². The van der Waals surface area contributed by atoms with Crippen LogP contribution < -0.4 is 4.72 Å². The van der Waals surface area contributed by atoms with Crippen molar-refractivity contribution in [1.29, 1.82) is 0 Å². The maximum atomic E-state index is 13.6. The highest BCUT2D eigenvalue weighted by atomic mass is 35.5. The van der Waals surface area contributed by atoms with Crippen LogP contribution in [0.4, 0.5) is 10.1 Å². The number of benzene rings is 3. The van der Waals surface area contributed by atoms with E-state index in [2.05, 4.69) is 4.72 Å². The number of para-hydroxylation sites is 1. The first kappa shape index (κ1) is 16.5. The zero-order chi connectivity index (χ0) is 17.2. The maximum absolute atomic E-state index is 13.6. The molecule has 0 spiro atoms. The van der Waals surface area contributed by atoms with Gasteiger partial charge in [0.2, 0.25) is 0 Å². The molecule has 0 aromatic heterocycles. The van der Waals surface area contributed by atoms with Crippen LogP contribution in [0.15, 0.2) is 77.7 Å². The van der Waals surface area contributed by atoms with Gasteiger partial charge in [-0.1, -0.05) is 48.0 Å². The Morgan fingerprint density at radius 3 is 1.92 bits per heavy atom. The Morgan fingerprint density at radius 2 is 1.33 bits per heavy atom. The van der Waals surface area contributed by atoms with Crippen molar-refractivity contribution in [2.45, 2.75) is 4.90 Å². The Bertz CT molecular complexity index is 955. The smallest absolute Gasteiger partial charge is 0.261 e. The fourth-order valence-electron chi connectivity index (χ4n) is 2.22. The monoisotopic (exact) mass is 361 g/mol. The molecule has 0 aliphatic carbocycles. The molecule has 0 atom stereocenters. The van der Waals surface area contributed by atoms with Gasteiger partial charge < -0.3 is 0 Å². The average molecular weight is 362 g/mol. The van der Waals surface area contributed by atoms with Crippen molar-refractivity contribution < 1.29 is 12.8 Å². The molecule has 0 bridgehead atoms.